The quantitative estimate of drug-likeness (QED) is 0.379. The average molecular weight is 477 g/mol. The number of nitrogens with zero attached hydrogens (tertiary/aromatic N) is 2. The third-order valence-electron chi connectivity index (χ3n) is 6.95. The van der Waals surface area contributed by atoms with Crippen molar-refractivity contribution in [3.05, 3.63) is 84.4 Å². The third-order valence-corrected chi connectivity index (χ3v) is 8.90. The van der Waals surface area contributed by atoms with Gasteiger partial charge >= 0.3 is 0 Å². The van der Waals surface area contributed by atoms with Crippen molar-refractivity contribution in [3.8, 4) is 11.1 Å². The van der Waals surface area contributed by atoms with E-state index in [4.69, 9.17) is 0 Å². The maximum absolute atomic E-state index is 13.9. The number of likely N-dealkylation sites (tertiary alicyclic amines) is 1. The van der Waals surface area contributed by atoms with Gasteiger partial charge in [-0.05, 0) is 87.5 Å². The molecule has 1 aliphatic rings. The van der Waals surface area contributed by atoms with Crippen molar-refractivity contribution >= 4 is 15.7 Å². The Balaban J connectivity index is 1.59. The maximum Gasteiger partial charge on any atom is 0.264 e. The molecule has 4 rings (SSSR count). The Hall–Kier alpha value is -2.63. The lowest BCUT2D eigenvalue weighted by molar-refractivity contribution is 0.188. The zero-order valence-electron chi connectivity index (χ0n) is 20.5. The van der Waals surface area contributed by atoms with E-state index in [2.05, 4.69) is 11.8 Å². The molecule has 180 valence electrons. The summed E-state index contributed by atoms with van der Waals surface area (Å²) >= 11 is 0. The summed E-state index contributed by atoms with van der Waals surface area (Å²) in [6.07, 6.45) is 3.24. The monoisotopic (exact) mass is 476 g/mol. The molecule has 0 amide bonds. The fourth-order valence-corrected chi connectivity index (χ4v) is 6.34. The molecule has 1 atom stereocenters. The van der Waals surface area contributed by atoms with Crippen LogP contribution in [0, 0.1) is 12.8 Å². The SMILES string of the molecule is Cc1ccc(N(C(C)CCN2CCC(C)CC2)S(=O)(=O)c2ccc(-c3ccccc3)cc2)cc1. The lowest BCUT2D eigenvalue weighted by atomic mass is 9.99. The molecule has 1 fully saturated rings. The summed E-state index contributed by atoms with van der Waals surface area (Å²) in [6.45, 7) is 9.49. The van der Waals surface area contributed by atoms with Crippen molar-refractivity contribution in [2.45, 2.75) is 51.0 Å². The van der Waals surface area contributed by atoms with Crippen molar-refractivity contribution in [1.82, 2.24) is 4.90 Å². The molecule has 1 unspecified atom stereocenters. The molecule has 3 aromatic carbocycles. The molecule has 0 aliphatic carbocycles. The second kappa shape index (κ2) is 10.7. The van der Waals surface area contributed by atoms with Gasteiger partial charge in [-0.25, -0.2) is 8.42 Å². The van der Waals surface area contributed by atoms with E-state index in [1.165, 1.54) is 12.8 Å². The van der Waals surface area contributed by atoms with Crippen LogP contribution in [0.1, 0.15) is 38.7 Å². The van der Waals surface area contributed by atoms with Crippen LogP contribution < -0.4 is 4.31 Å². The first kappa shape index (κ1) is 24.5. The van der Waals surface area contributed by atoms with Crippen LogP contribution in [0.2, 0.25) is 0 Å². The fourth-order valence-electron chi connectivity index (χ4n) is 4.66. The van der Waals surface area contributed by atoms with Gasteiger partial charge in [0.25, 0.3) is 10.0 Å². The molecule has 1 saturated heterocycles. The Morgan fingerprint density at radius 2 is 1.47 bits per heavy atom. The minimum Gasteiger partial charge on any atom is -0.303 e. The third kappa shape index (κ3) is 5.70. The van der Waals surface area contributed by atoms with E-state index in [-0.39, 0.29) is 6.04 Å². The van der Waals surface area contributed by atoms with Gasteiger partial charge < -0.3 is 4.90 Å². The number of anilines is 1. The van der Waals surface area contributed by atoms with E-state index >= 15 is 0 Å². The summed E-state index contributed by atoms with van der Waals surface area (Å²) in [6, 6.07) is 24.9. The van der Waals surface area contributed by atoms with Gasteiger partial charge in [-0.1, -0.05) is 67.1 Å². The van der Waals surface area contributed by atoms with E-state index in [0.717, 1.165) is 54.4 Å². The summed E-state index contributed by atoms with van der Waals surface area (Å²) in [4.78, 5) is 2.80. The lowest BCUT2D eigenvalue weighted by Crippen LogP contribution is -2.42. The zero-order valence-corrected chi connectivity index (χ0v) is 21.3. The summed E-state index contributed by atoms with van der Waals surface area (Å²) in [7, 11) is -3.71. The highest BCUT2D eigenvalue weighted by Crippen LogP contribution is 2.30. The molecular weight excluding hydrogens is 440 g/mol. The van der Waals surface area contributed by atoms with Crippen molar-refractivity contribution < 1.29 is 8.42 Å². The normalized spacial score (nSPS) is 16.3. The van der Waals surface area contributed by atoms with Gasteiger partial charge in [0.15, 0.2) is 0 Å². The Bertz CT molecular complexity index is 1150. The maximum atomic E-state index is 13.9. The van der Waals surface area contributed by atoms with E-state index in [1.54, 1.807) is 16.4 Å². The van der Waals surface area contributed by atoms with Gasteiger partial charge in [-0.15, -0.1) is 0 Å². The molecular formula is C29H36N2O2S. The molecule has 5 heteroatoms. The first-order valence-corrected chi connectivity index (χ1v) is 13.8. The molecule has 0 bridgehead atoms. The average Bonchev–Trinajstić information content (AvgIpc) is 2.85. The van der Waals surface area contributed by atoms with Gasteiger partial charge in [0, 0.05) is 12.6 Å². The van der Waals surface area contributed by atoms with Gasteiger partial charge in [0.2, 0.25) is 0 Å². The van der Waals surface area contributed by atoms with Crippen LogP contribution in [0.15, 0.2) is 83.8 Å². The first-order chi connectivity index (χ1) is 16.3. The van der Waals surface area contributed by atoms with Crippen molar-refractivity contribution in [2.24, 2.45) is 5.92 Å². The number of hydrogen-bond acceptors (Lipinski definition) is 3. The van der Waals surface area contributed by atoms with Crippen molar-refractivity contribution in [3.63, 3.8) is 0 Å². The van der Waals surface area contributed by atoms with E-state index < -0.39 is 10.0 Å². The minimum absolute atomic E-state index is 0.152. The second-order valence-electron chi connectivity index (χ2n) is 9.69. The highest BCUT2D eigenvalue weighted by atomic mass is 32.2. The summed E-state index contributed by atoms with van der Waals surface area (Å²) in [5, 5.41) is 0. The van der Waals surface area contributed by atoms with Crippen molar-refractivity contribution in [1.29, 1.82) is 0 Å². The van der Waals surface area contributed by atoms with Crippen LogP contribution in [0.3, 0.4) is 0 Å². The van der Waals surface area contributed by atoms with Crippen molar-refractivity contribution in [2.75, 3.05) is 23.9 Å². The number of hydrogen-bond donors (Lipinski definition) is 0. The summed E-state index contributed by atoms with van der Waals surface area (Å²) < 4.78 is 29.4. The van der Waals surface area contributed by atoms with Crippen LogP contribution in [0.4, 0.5) is 5.69 Å². The smallest absolute Gasteiger partial charge is 0.264 e. The number of benzene rings is 3. The molecule has 3 aromatic rings. The standard InChI is InChI=1S/C29H36N2O2S/c1-23-9-13-28(14-10-23)31(25(3)19-22-30-20-17-24(2)18-21-30)34(32,33)29-15-11-27(12-16-29)26-7-5-4-6-8-26/h4-16,24-25H,17-22H2,1-3H3. The van der Waals surface area contributed by atoms with Gasteiger partial charge in [0.05, 0.1) is 10.6 Å². The van der Waals surface area contributed by atoms with Gasteiger partial charge in [-0.2, -0.15) is 0 Å². The molecule has 0 aromatic heterocycles. The highest BCUT2D eigenvalue weighted by Gasteiger charge is 2.30. The summed E-state index contributed by atoms with van der Waals surface area (Å²) in [5.74, 6) is 0.789. The number of aryl methyl sites for hydroxylation is 1. The first-order valence-electron chi connectivity index (χ1n) is 12.3. The van der Waals surface area contributed by atoms with E-state index in [0.29, 0.717) is 4.90 Å². The van der Waals surface area contributed by atoms with Crippen LogP contribution >= 0.6 is 0 Å². The summed E-state index contributed by atoms with van der Waals surface area (Å²) in [5.41, 5.74) is 3.92. The van der Waals surface area contributed by atoms with Crippen LogP contribution in [0.5, 0.6) is 0 Å². The molecule has 4 nitrogen and oxygen atoms in total. The molecule has 0 saturated carbocycles. The van der Waals surface area contributed by atoms with Gasteiger partial charge in [0.1, 0.15) is 0 Å². The Morgan fingerprint density at radius 3 is 2.09 bits per heavy atom. The number of rotatable bonds is 8. The fraction of sp³-hybridized carbons (Fsp3) is 0.379. The molecule has 0 spiro atoms. The molecule has 0 radical (unpaired) electrons. The zero-order chi connectivity index (χ0) is 24.1. The Morgan fingerprint density at radius 1 is 0.882 bits per heavy atom. The van der Waals surface area contributed by atoms with E-state index in [1.807, 2.05) is 80.6 Å². The predicted molar refractivity (Wildman–Crippen MR) is 142 cm³/mol. The topological polar surface area (TPSA) is 40.6 Å². The number of piperidine rings is 1. The Kier molecular flexibility index (Phi) is 7.74. The molecule has 1 aliphatic heterocycles. The Labute approximate surface area is 205 Å². The van der Waals surface area contributed by atoms with Crippen LogP contribution in [-0.4, -0.2) is 39.0 Å². The molecule has 34 heavy (non-hydrogen) atoms. The second-order valence-corrected chi connectivity index (χ2v) is 11.5. The highest BCUT2D eigenvalue weighted by molar-refractivity contribution is 7.92. The van der Waals surface area contributed by atoms with Gasteiger partial charge in [-0.3, -0.25) is 4.31 Å². The molecule has 1 heterocycles. The van der Waals surface area contributed by atoms with Crippen LogP contribution in [0.25, 0.3) is 11.1 Å². The molecule has 0 N–H and O–H groups in total. The largest absolute Gasteiger partial charge is 0.303 e. The predicted octanol–water partition coefficient (Wildman–Crippen LogP) is 6.37. The lowest BCUT2D eigenvalue weighted by Gasteiger charge is -2.34. The minimum atomic E-state index is -3.71. The number of sulfonamides is 1. The van der Waals surface area contributed by atoms with Crippen LogP contribution in [-0.2, 0) is 10.0 Å². The van der Waals surface area contributed by atoms with E-state index in [9.17, 15) is 8.42 Å².